The number of carboxylic acid groups (broad SMARTS) is 2. The smallest absolute Gasteiger partial charge is 0.300 e. The molecule has 1 rings (SSSR count). The molecule has 2 N–H and O–H groups in total. The van der Waals surface area contributed by atoms with Crippen molar-refractivity contribution >= 4 is 18.2 Å². The van der Waals surface area contributed by atoms with E-state index in [0.717, 1.165) is 25.7 Å². The first-order valence-electron chi connectivity index (χ1n) is 4.29. The normalized spacial score (nSPS) is 7.38. The van der Waals surface area contributed by atoms with Gasteiger partial charge in [0, 0.05) is 19.4 Å². The zero-order chi connectivity index (χ0) is 13.0. The number of hydrogen-bond acceptors (Lipinski definition) is 3. The molecule has 5 nitrogen and oxygen atoms in total. The lowest BCUT2D eigenvalue weighted by molar-refractivity contribution is -0.135. The van der Waals surface area contributed by atoms with Gasteiger partial charge in [-0.3, -0.25) is 14.4 Å². The summed E-state index contributed by atoms with van der Waals surface area (Å²) in [6.45, 7) is 2.17. The van der Waals surface area contributed by atoms with Crippen molar-refractivity contribution in [3.8, 4) is 0 Å². The Morgan fingerprint density at radius 2 is 1.31 bits per heavy atom. The molecule has 0 amide bonds. The number of aliphatic carboxylic acids is 2. The average molecular weight is 226 g/mol. The van der Waals surface area contributed by atoms with Crippen LogP contribution < -0.4 is 0 Å². The molecule has 0 bridgehead atoms. The summed E-state index contributed by atoms with van der Waals surface area (Å²) in [4.78, 5) is 28.0. The number of carbonyl (C=O) groups is 3. The fourth-order valence-electron chi connectivity index (χ4n) is 0.532. The van der Waals surface area contributed by atoms with Crippen LogP contribution >= 0.6 is 0 Å². The van der Waals surface area contributed by atoms with Gasteiger partial charge >= 0.3 is 0 Å². The first kappa shape index (κ1) is 16.3. The highest BCUT2D eigenvalue weighted by Crippen LogP contribution is 1.91. The van der Waals surface area contributed by atoms with Crippen molar-refractivity contribution in [1.82, 2.24) is 0 Å². The molecule has 0 unspecified atom stereocenters. The minimum Gasteiger partial charge on any atom is -0.481 e. The van der Waals surface area contributed by atoms with Crippen LogP contribution in [0.1, 0.15) is 24.2 Å². The van der Waals surface area contributed by atoms with E-state index in [2.05, 4.69) is 0 Å². The Hall–Kier alpha value is -2.17. The highest BCUT2D eigenvalue weighted by atomic mass is 16.4. The van der Waals surface area contributed by atoms with Crippen LogP contribution in [-0.4, -0.2) is 28.4 Å². The molecule has 0 heterocycles. The van der Waals surface area contributed by atoms with Crippen LogP contribution in [0.15, 0.2) is 30.3 Å². The van der Waals surface area contributed by atoms with Crippen molar-refractivity contribution in [3.63, 3.8) is 0 Å². The van der Waals surface area contributed by atoms with Crippen molar-refractivity contribution in [3.05, 3.63) is 35.9 Å². The van der Waals surface area contributed by atoms with Gasteiger partial charge in [0.05, 0.1) is 0 Å². The van der Waals surface area contributed by atoms with Gasteiger partial charge < -0.3 is 10.2 Å². The lowest BCUT2D eigenvalue weighted by atomic mass is 10.2. The van der Waals surface area contributed by atoms with Crippen molar-refractivity contribution in [2.75, 3.05) is 0 Å². The molecule has 0 saturated carbocycles. The molecule has 0 aliphatic heterocycles. The van der Waals surface area contributed by atoms with E-state index in [9.17, 15) is 4.79 Å². The van der Waals surface area contributed by atoms with Crippen molar-refractivity contribution in [1.29, 1.82) is 0 Å². The summed E-state index contributed by atoms with van der Waals surface area (Å²) in [7, 11) is 0. The summed E-state index contributed by atoms with van der Waals surface area (Å²) in [5.41, 5.74) is 0.729. The topological polar surface area (TPSA) is 91.7 Å². The zero-order valence-corrected chi connectivity index (χ0v) is 9.08. The van der Waals surface area contributed by atoms with Gasteiger partial charge in [0.15, 0.2) is 0 Å². The Bertz CT molecular complexity index is 298. The molecular formula is C11H14O5. The van der Waals surface area contributed by atoms with Crippen LogP contribution in [0.25, 0.3) is 0 Å². The molecule has 88 valence electrons. The van der Waals surface area contributed by atoms with Crippen LogP contribution in [0.2, 0.25) is 0 Å². The Kier molecular flexibility index (Phi) is 11.1. The number of carbonyl (C=O) groups excluding carboxylic acids is 1. The number of benzene rings is 1. The largest absolute Gasteiger partial charge is 0.481 e. The van der Waals surface area contributed by atoms with Gasteiger partial charge in [-0.1, -0.05) is 30.3 Å². The molecule has 0 aliphatic rings. The molecule has 0 aliphatic carbocycles. The van der Waals surface area contributed by atoms with Crippen LogP contribution in [-0.2, 0) is 9.59 Å². The summed E-state index contributed by atoms with van der Waals surface area (Å²) < 4.78 is 0. The molecule has 0 fully saturated rings. The third-order valence-corrected chi connectivity index (χ3v) is 0.936. The molecule has 0 saturated heterocycles. The van der Waals surface area contributed by atoms with Gasteiger partial charge in [-0.2, -0.15) is 0 Å². The van der Waals surface area contributed by atoms with E-state index >= 15 is 0 Å². The van der Waals surface area contributed by atoms with E-state index < -0.39 is 11.9 Å². The van der Waals surface area contributed by atoms with Gasteiger partial charge in [-0.15, -0.1) is 0 Å². The second-order valence-corrected chi connectivity index (χ2v) is 2.57. The maximum absolute atomic E-state index is 10.0. The van der Waals surface area contributed by atoms with Gasteiger partial charge in [0.1, 0.15) is 6.29 Å². The van der Waals surface area contributed by atoms with Crippen molar-refractivity contribution in [2.24, 2.45) is 0 Å². The summed E-state index contributed by atoms with van der Waals surface area (Å²) in [6, 6.07) is 9.10. The molecule has 0 spiro atoms. The lowest BCUT2D eigenvalue weighted by Gasteiger charge is -1.81. The molecule has 16 heavy (non-hydrogen) atoms. The second-order valence-electron chi connectivity index (χ2n) is 2.57. The second kappa shape index (κ2) is 10.9. The molecule has 5 heteroatoms. The maximum Gasteiger partial charge on any atom is 0.300 e. The Morgan fingerprint density at radius 1 is 1.00 bits per heavy atom. The number of hydrogen-bond donors (Lipinski definition) is 2. The predicted molar refractivity (Wildman–Crippen MR) is 58.4 cm³/mol. The first-order chi connectivity index (χ1) is 7.40. The molecule has 1 aromatic rings. The van der Waals surface area contributed by atoms with E-state index in [1.54, 1.807) is 12.1 Å². The van der Waals surface area contributed by atoms with Crippen LogP contribution in [0, 0.1) is 0 Å². The number of carboxylic acids is 2. The monoisotopic (exact) mass is 226 g/mol. The first-order valence-corrected chi connectivity index (χ1v) is 4.29. The quantitative estimate of drug-likeness (QED) is 0.711. The average Bonchev–Trinajstić information content (AvgIpc) is 2.17. The molecule has 0 radical (unpaired) electrons. The number of rotatable bonds is 1. The van der Waals surface area contributed by atoms with Crippen molar-refractivity contribution in [2.45, 2.75) is 13.8 Å². The fraction of sp³-hybridized carbons (Fsp3) is 0.182. The summed E-state index contributed by atoms with van der Waals surface area (Å²) in [5, 5.41) is 14.8. The minimum atomic E-state index is -0.833. The predicted octanol–water partition coefficient (Wildman–Crippen LogP) is 1.68. The Balaban J connectivity index is 0. The summed E-state index contributed by atoms with van der Waals surface area (Å²) in [6.07, 6.45) is 0.833. The third-order valence-electron chi connectivity index (χ3n) is 0.936. The zero-order valence-electron chi connectivity index (χ0n) is 9.08. The molecule has 1 aromatic carbocycles. The third kappa shape index (κ3) is 22.6. The highest BCUT2D eigenvalue weighted by molar-refractivity contribution is 5.74. The Morgan fingerprint density at radius 3 is 1.50 bits per heavy atom. The minimum absolute atomic E-state index is 0.729. The van der Waals surface area contributed by atoms with E-state index in [1.165, 1.54) is 0 Å². The standard InChI is InChI=1S/C7H6O.2C2H4O2/c8-6-7-4-2-1-3-5-7;2*1-2(3)4/h1-6H;2*1H3,(H,3,4). The van der Waals surface area contributed by atoms with Gasteiger partial charge in [-0.25, -0.2) is 0 Å². The van der Waals surface area contributed by atoms with Gasteiger partial charge in [0.2, 0.25) is 0 Å². The Labute approximate surface area is 93.3 Å². The molecular weight excluding hydrogens is 212 g/mol. The van der Waals surface area contributed by atoms with Crippen LogP contribution in [0.4, 0.5) is 0 Å². The highest BCUT2D eigenvalue weighted by Gasteiger charge is 1.80. The summed E-state index contributed by atoms with van der Waals surface area (Å²) >= 11 is 0. The van der Waals surface area contributed by atoms with Crippen molar-refractivity contribution < 1.29 is 24.6 Å². The SMILES string of the molecule is CC(=O)O.CC(=O)O.O=Cc1ccccc1. The molecule has 0 aromatic heterocycles. The summed E-state index contributed by atoms with van der Waals surface area (Å²) in [5.74, 6) is -1.67. The maximum atomic E-state index is 10.0. The van der Waals surface area contributed by atoms with Gasteiger partial charge in [-0.05, 0) is 0 Å². The fourth-order valence-corrected chi connectivity index (χ4v) is 0.532. The molecule has 0 atom stereocenters. The number of aldehydes is 1. The lowest BCUT2D eigenvalue weighted by Crippen LogP contribution is -1.78. The van der Waals surface area contributed by atoms with Crippen LogP contribution in [0.5, 0.6) is 0 Å². The van der Waals surface area contributed by atoms with E-state index in [-0.39, 0.29) is 0 Å². The van der Waals surface area contributed by atoms with E-state index in [0.29, 0.717) is 0 Å². The van der Waals surface area contributed by atoms with E-state index in [1.807, 2.05) is 18.2 Å². The van der Waals surface area contributed by atoms with E-state index in [4.69, 9.17) is 19.8 Å². The van der Waals surface area contributed by atoms with Gasteiger partial charge in [0.25, 0.3) is 11.9 Å². The van der Waals surface area contributed by atoms with Crippen LogP contribution in [0.3, 0.4) is 0 Å².